The molecule has 20 heavy (non-hydrogen) atoms. The first-order valence-electron chi connectivity index (χ1n) is 6.27. The number of nitrogens with one attached hydrogen (secondary N) is 1. The Labute approximate surface area is 129 Å². The van der Waals surface area contributed by atoms with Crippen LogP contribution in [0.5, 0.6) is 5.75 Å². The molecule has 0 aliphatic carbocycles. The Morgan fingerprint density at radius 1 is 1.35 bits per heavy atom. The smallest absolute Gasteiger partial charge is 0.323 e. The Morgan fingerprint density at radius 2 is 1.95 bits per heavy atom. The van der Waals surface area contributed by atoms with Gasteiger partial charge in [0.2, 0.25) is 5.62 Å². The highest BCUT2D eigenvalue weighted by molar-refractivity contribution is 8.24. The van der Waals surface area contributed by atoms with Crippen LogP contribution >= 0.6 is 16.9 Å². The summed E-state index contributed by atoms with van der Waals surface area (Å²) in [6.07, 6.45) is 0.0963. The van der Waals surface area contributed by atoms with E-state index in [0.717, 1.165) is 0 Å². The van der Waals surface area contributed by atoms with Crippen LogP contribution in [0.3, 0.4) is 0 Å². The molecule has 0 spiro atoms. The molecule has 0 heterocycles. The van der Waals surface area contributed by atoms with Crippen LogP contribution in [0.1, 0.15) is 20.8 Å². The van der Waals surface area contributed by atoms with Crippen molar-refractivity contribution >= 4 is 34.6 Å². The van der Waals surface area contributed by atoms with Crippen molar-refractivity contribution in [2.45, 2.75) is 32.9 Å². The minimum Gasteiger partial charge on any atom is -0.462 e. The fraction of sp³-hybridized carbons (Fsp3) is 0.462. The van der Waals surface area contributed by atoms with Crippen molar-refractivity contribution in [2.75, 3.05) is 6.29 Å². The van der Waals surface area contributed by atoms with Gasteiger partial charge in [-0.1, -0.05) is 18.2 Å². The molecule has 0 aliphatic rings. The third kappa shape index (κ3) is 6.71. The van der Waals surface area contributed by atoms with Gasteiger partial charge in [0.05, 0.1) is 12.4 Å². The lowest BCUT2D eigenvalue weighted by molar-refractivity contribution is -0.149. The number of hydrogen-bond acceptors (Lipinski definition) is 5. The van der Waals surface area contributed by atoms with Crippen LogP contribution in [0.15, 0.2) is 30.3 Å². The number of rotatable bonds is 7. The van der Waals surface area contributed by atoms with Crippen LogP contribution in [0.25, 0.3) is 0 Å². The largest absolute Gasteiger partial charge is 0.462 e. The molecule has 0 fully saturated rings. The van der Waals surface area contributed by atoms with E-state index in [9.17, 15) is 4.79 Å². The summed E-state index contributed by atoms with van der Waals surface area (Å²) >= 11 is 11.5. The van der Waals surface area contributed by atoms with Crippen LogP contribution in [-0.4, -0.2) is 24.4 Å². The van der Waals surface area contributed by atoms with E-state index >= 15 is 0 Å². The molecule has 0 aromatic heterocycles. The van der Waals surface area contributed by atoms with E-state index in [1.807, 2.05) is 18.2 Å². The summed E-state index contributed by atoms with van der Waals surface area (Å²) in [7, 11) is 0. The maximum atomic E-state index is 11.6. The Bertz CT molecular complexity index is 484. The molecule has 1 aromatic carbocycles. The van der Waals surface area contributed by atoms with Gasteiger partial charge in [-0.15, -0.1) is 0 Å². The summed E-state index contributed by atoms with van der Waals surface area (Å²) in [6, 6.07) is 8.68. The first-order chi connectivity index (χ1) is 9.30. The highest BCUT2D eigenvalue weighted by atomic mass is 35.7. The predicted octanol–water partition coefficient (Wildman–Crippen LogP) is 3.50. The predicted molar refractivity (Wildman–Crippen MR) is 85.9 cm³/mol. The van der Waals surface area contributed by atoms with Crippen molar-refractivity contribution in [3.63, 3.8) is 0 Å². The van der Waals surface area contributed by atoms with E-state index < -0.39 is 11.7 Å². The number of benzene rings is 1. The average Bonchev–Trinajstić information content (AvgIpc) is 2.36. The molecular weight excluding hydrogens is 317 g/mol. The maximum Gasteiger partial charge on any atom is 0.323 e. The Kier molecular flexibility index (Phi) is 6.96. The second-order valence-electron chi connectivity index (χ2n) is 4.56. The zero-order valence-electron chi connectivity index (χ0n) is 11.7. The van der Waals surface area contributed by atoms with Gasteiger partial charge < -0.3 is 9.26 Å². The van der Waals surface area contributed by atoms with Gasteiger partial charge >= 0.3 is 5.97 Å². The van der Waals surface area contributed by atoms with Gasteiger partial charge in [0.1, 0.15) is 11.8 Å². The third-order valence-corrected chi connectivity index (χ3v) is 4.50. The van der Waals surface area contributed by atoms with Crippen LogP contribution in [0.4, 0.5) is 0 Å². The molecule has 2 atom stereocenters. The second-order valence-corrected chi connectivity index (χ2v) is 10.3. The van der Waals surface area contributed by atoms with Crippen molar-refractivity contribution in [1.82, 2.24) is 5.32 Å². The number of para-hydroxylation sites is 1. The molecule has 1 aromatic rings. The third-order valence-electron chi connectivity index (χ3n) is 2.28. The lowest BCUT2D eigenvalue weighted by Gasteiger charge is -2.20. The number of ether oxygens (including phenoxy) is 1. The summed E-state index contributed by atoms with van der Waals surface area (Å²) in [6.45, 7) is 5.31. The van der Waals surface area contributed by atoms with E-state index in [1.165, 1.54) is 0 Å². The molecule has 0 saturated carbocycles. The number of esters is 1. The van der Waals surface area contributed by atoms with Crippen molar-refractivity contribution in [3.8, 4) is 5.75 Å². The van der Waals surface area contributed by atoms with E-state index in [0.29, 0.717) is 5.75 Å². The topological polar surface area (TPSA) is 47.6 Å². The van der Waals surface area contributed by atoms with Crippen LogP contribution in [0.2, 0.25) is 0 Å². The molecule has 1 N–H and O–H groups in total. The monoisotopic (exact) mass is 335 g/mol. The van der Waals surface area contributed by atoms with Crippen LogP contribution in [-0.2, 0) is 21.3 Å². The zero-order chi connectivity index (χ0) is 15.2. The van der Waals surface area contributed by atoms with E-state index in [1.54, 1.807) is 32.9 Å². The van der Waals surface area contributed by atoms with E-state index in [4.69, 9.17) is 32.3 Å². The number of carbonyl (C=O) groups excluding carboxylic acids is 1. The Morgan fingerprint density at radius 3 is 2.50 bits per heavy atom. The first kappa shape index (κ1) is 17.4. The normalized spacial score (nSPS) is 15.4. The van der Waals surface area contributed by atoms with Gasteiger partial charge in [-0.25, -0.2) is 0 Å². The molecule has 7 heteroatoms. The van der Waals surface area contributed by atoms with Crippen molar-refractivity contribution in [2.24, 2.45) is 0 Å². The Hall–Kier alpha value is -0.610. The fourth-order valence-electron chi connectivity index (χ4n) is 1.33. The lowest BCUT2D eigenvalue weighted by atomic mass is 10.3. The van der Waals surface area contributed by atoms with Crippen molar-refractivity contribution in [1.29, 1.82) is 0 Å². The van der Waals surface area contributed by atoms with Gasteiger partial charge in [-0.05, 0) is 56.0 Å². The standard InChI is InChI=1S/C13H19ClNO3PS/c1-10(2)17-13(16)11(3)15-9-19(14,20)18-12-7-5-4-6-8-12/h4-8,10-11,15H,9H2,1-3H3/t11-,19?/m0/s1. The quantitative estimate of drug-likeness (QED) is 0.610. The van der Waals surface area contributed by atoms with Crippen molar-refractivity contribution in [3.05, 3.63) is 30.3 Å². The highest BCUT2D eigenvalue weighted by Gasteiger charge is 2.21. The fourth-order valence-corrected chi connectivity index (χ4v) is 3.26. The van der Waals surface area contributed by atoms with Crippen molar-refractivity contribution < 1.29 is 14.1 Å². The average molecular weight is 336 g/mol. The minimum atomic E-state index is -2.56. The highest BCUT2D eigenvalue weighted by Crippen LogP contribution is 2.51. The maximum absolute atomic E-state index is 11.6. The molecule has 1 unspecified atom stereocenters. The lowest BCUT2D eigenvalue weighted by Crippen LogP contribution is -2.37. The van der Waals surface area contributed by atoms with Gasteiger partial charge in [-0.3, -0.25) is 10.1 Å². The number of carbonyl (C=O) groups is 1. The van der Waals surface area contributed by atoms with Crippen LogP contribution in [0, 0.1) is 0 Å². The molecule has 0 bridgehead atoms. The van der Waals surface area contributed by atoms with Crippen LogP contribution < -0.4 is 9.84 Å². The molecule has 1 rings (SSSR count). The number of hydrogen-bond donors (Lipinski definition) is 1. The van der Waals surface area contributed by atoms with Gasteiger partial charge in [-0.2, -0.15) is 0 Å². The van der Waals surface area contributed by atoms with Gasteiger partial charge in [0, 0.05) is 0 Å². The molecule has 0 amide bonds. The summed E-state index contributed by atoms with van der Waals surface area (Å²) in [5.41, 5.74) is -2.56. The minimum absolute atomic E-state index is 0.147. The summed E-state index contributed by atoms with van der Waals surface area (Å²) < 4.78 is 10.7. The Balaban J connectivity index is 2.47. The molecule has 0 aliphatic heterocycles. The summed E-state index contributed by atoms with van der Waals surface area (Å²) in [5.74, 6) is 0.302. The SMILES string of the molecule is CC(C)OC(=O)[C@H](C)NCP(=S)(Cl)Oc1ccccc1. The molecule has 0 radical (unpaired) electrons. The summed E-state index contributed by atoms with van der Waals surface area (Å²) in [5, 5.41) is 2.96. The van der Waals surface area contributed by atoms with Gasteiger partial charge in [0.15, 0.2) is 0 Å². The summed E-state index contributed by atoms with van der Waals surface area (Å²) in [4.78, 5) is 11.6. The molecule has 0 saturated heterocycles. The van der Waals surface area contributed by atoms with E-state index in [-0.39, 0.29) is 18.4 Å². The first-order valence-corrected chi connectivity index (χ1v) is 10.1. The molecular formula is C13H19ClNO3PS. The van der Waals surface area contributed by atoms with Gasteiger partial charge in [0.25, 0.3) is 0 Å². The van der Waals surface area contributed by atoms with E-state index in [2.05, 4.69) is 5.32 Å². The number of halogens is 1. The zero-order valence-corrected chi connectivity index (χ0v) is 14.2. The molecule has 112 valence electrons. The molecule has 4 nitrogen and oxygen atoms in total. The second kappa shape index (κ2) is 7.99.